The van der Waals surface area contributed by atoms with E-state index in [0.29, 0.717) is 44.0 Å². The Morgan fingerprint density at radius 1 is 1.03 bits per heavy atom. The number of carbonyl (C=O) groups is 1. The molecule has 0 aliphatic carbocycles. The van der Waals surface area contributed by atoms with Crippen LogP contribution in [0.25, 0.3) is 10.9 Å². The summed E-state index contributed by atoms with van der Waals surface area (Å²) in [6.45, 7) is 4.01. The molecule has 0 saturated carbocycles. The van der Waals surface area contributed by atoms with Crippen molar-refractivity contribution in [3.8, 4) is 6.07 Å². The molecule has 0 N–H and O–H groups in total. The Bertz CT molecular complexity index is 1170. The van der Waals surface area contributed by atoms with Crippen molar-refractivity contribution in [1.29, 1.82) is 5.26 Å². The standard InChI is InChI=1S/C23H20F2N4O/c1-15-3-4-16-12-18(14-26)22(27-21(16)11-15)28-7-2-8-29(10-9-28)23(30)17-5-6-19(24)20(25)13-17/h3-6,11-13H,2,7-10H2,1H3. The number of amides is 1. The molecule has 0 radical (unpaired) electrons. The van der Waals surface area contributed by atoms with Crippen LogP contribution >= 0.6 is 0 Å². The van der Waals surface area contributed by atoms with Crippen molar-refractivity contribution in [3.63, 3.8) is 0 Å². The number of aromatic nitrogens is 1. The van der Waals surface area contributed by atoms with Crippen LogP contribution in [0.15, 0.2) is 42.5 Å². The second kappa shape index (κ2) is 8.07. The van der Waals surface area contributed by atoms with Gasteiger partial charge in [0.05, 0.1) is 11.1 Å². The summed E-state index contributed by atoms with van der Waals surface area (Å²) in [6, 6.07) is 13.2. The molecule has 30 heavy (non-hydrogen) atoms. The van der Waals surface area contributed by atoms with Gasteiger partial charge in [-0.2, -0.15) is 5.26 Å². The number of anilines is 1. The normalized spacial score (nSPS) is 14.5. The van der Waals surface area contributed by atoms with Crippen molar-refractivity contribution in [3.05, 3.63) is 70.8 Å². The van der Waals surface area contributed by atoms with E-state index in [4.69, 9.17) is 4.98 Å². The molecule has 1 aliphatic rings. The van der Waals surface area contributed by atoms with Crippen molar-refractivity contribution in [2.75, 3.05) is 31.1 Å². The maximum Gasteiger partial charge on any atom is 0.254 e. The maximum atomic E-state index is 13.5. The summed E-state index contributed by atoms with van der Waals surface area (Å²) in [5, 5.41) is 10.5. The number of fused-ring (bicyclic) bond motifs is 1. The molecule has 7 heteroatoms. The fourth-order valence-corrected chi connectivity index (χ4v) is 3.73. The van der Waals surface area contributed by atoms with Crippen LogP contribution in [0.4, 0.5) is 14.6 Å². The lowest BCUT2D eigenvalue weighted by molar-refractivity contribution is 0.0766. The highest BCUT2D eigenvalue weighted by Crippen LogP contribution is 2.25. The second-order valence-electron chi connectivity index (χ2n) is 7.43. The van der Waals surface area contributed by atoms with Gasteiger partial charge in [-0.15, -0.1) is 0 Å². The van der Waals surface area contributed by atoms with Gasteiger partial charge in [0, 0.05) is 37.1 Å². The predicted molar refractivity (Wildman–Crippen MR) is 110 cm³/mol. The van der Waals surface area contributed by atoms with Gasteiger partial charge in [0.15, 0.2) is 11.6 Å². The number of halogens is 2. The summed E-state index contributed by atoms with van der Waals surface area (Å²) >= 11 is 0. The SMILES string of the molecule is Cc1ccc2cc(C#N)c(N3CCCN(C(=O)c4ccc(F)c(F)c4)CC3)nc2c1. The summed E-state index contributed by atoms with van der Waals surface area (Å²) in [4.78, 5) is 21.1. The smallest absolute Gasteiger partial charge is 0.254 e. The van der Waals surface area contributed by atoms with Crippen LogP contribution in [-0.4, -0.2) is 42.0 Å². The van der Waals surface area contributed by atoms with E-state index in [0.717, 1.165) is 28.6 Å². The molecule has 1 aromatic heterocycles. The molecule has 5 nitrogen and oxygen atoms in total. The third-order valence-corrected chi connectivity index (χ3v) is 5.32. The molecule has 3 aromatic rings. The molecule has 0 bridgehead atoms. The van der Waals surface area contributed by atoms with Crippen molar-refractivity contribution in [2.45, 2.75) is 13.3 Å². The minimum atomic E-state index is -1.04. The van der Waals surface area contributed by atoms with Crippen molar-refractivity contribution >= 4 is 22.6 Å². The van der Waals surface area contributed by atoms with Gasteiger partial charge in [0.1, 0.15) is 11.9 Å². The average Bonchev–Trinajstić information content (AvgIpc) is 3.00. The van der Waals surface area contributed by atoms with E-state index >= 15 is 0 Å². The number of aryl methyl sites for hydroxylation is 1. The summed E-state index contributed by atoms with van der Waals surface area (Å²) in [5.74, 6) is -1.74. The number of nitriles is 1. The molecule has 2 heterocycles. The topological polar surface area (TPSA) is 60.2 Å². The quantitative estimate of drug-likeness (QED) is 0.644. The molecule has 0 unspecified atom stereocenters. The van der Waals surface area contributed by atoms with Crippen LogP contribution in [0.2, 0.25) is 0 Å². The Labute approximate surface area is 173 Å². The van der Waals surface area contributed by atoms with E-state index in [-0.39, 0.29) is 11.5 Å². The van der Waals surface area contributed by atoms with Gasteiger partial charge in [-0.3, -0.25) is 4.79 Å². The molecule has 1 aliphatic heterocycles. The number of benzene rings is 2. The number of rotatable bonds is 2. The Morgan fingerprint density at radius 3 is 2.63 bits per heavy atom. The number of nitrogens with zero attached hydrogens (tertiary/aromatic N) is 4. The fraction of sp³-hybridized carbons (Fsp3) is 0.261. The maximum absolute atomic E-state index is 13.5. The van der Waals surface area contributed by atoms with Gasteiger partial charge in [-0.05, 0) is 49.2 Å². The molecule has 0 spiro atoms. The zero-order chi connectivity index (χ0) is 21.3. The first-order valence-corrected chi connectivity index (χ1v) is 9.77. The molecule has 1 fully saturated rings. The highest BCUT2D eigenvalue weighted by Gasteiger charge is 2.23. The monoisotopic (exact) mass is 406 g/mol. The Hall–Kier alpha value is -3.53. The Morgan fingerprint density at radius 2 is 1.87 bits per heavy atom. The summed E-state index contributed by atoms with van der Waals surface area (Å²) in [6.07, 6.45) is 0.674. The van der Waals surface area contributed by atoms with Gasteiger partial charge in [0.2, 0.25) is 0 Å². The first-order valence-electron chi connectivity index (χ1n) is 9.77. The molecule has 4 rings (SSSR count). The highest BCUT2D eigenvalue weighted by molar-refractivity contribution is 5.94. The van der Waals surface area contributed by atoms with Crippen LogP contribution in [0.3, 0.4) is 0 Å². The lowest BCUT2D eigenvalue weighted by atomic mass is 10.1. The molecular weight excluding hydrogens is 386 g/mol. The van der Waals surface area contributed by atoms with Crippen molar-refractivity contribution < 1.29 is 13.6 Å². The minimum Gasteiger partial charge on any atom is -0.354 e. The van der Waals surface area contributed by atoms with E-state index in [9.17, 15) is 18.8 Å². The van der Waals surface area contributed by atoms with Gasteiger partial charge in [-0.25, -0.2) is 13.8 Å². The number of pyridine rings is 1. The zero-order valence-electron chi connectivity index (χ0n) is 16.5. The molecule has 152 valence electrons. The van der Waals surface area contributed by atoms with Crippen molar-refractivity contribution in [2.24, 2.45) is 0 Å². The lowest BCUT2D eigenvalue weighted by Crippen LogP contribution is -2.35. The largest absolute Gasteiger partial charge is 0.354 e. The van der Waals surface area contributed by atoms with Crippen LogP contribution in [-0.2, 0) is 0 Å². The van der Waals surface area contributed by atoms with Gasteiger partial charge >= 0.3 is 0 Å². The van der Waals surface area contributed by atoms with Crippen molar-refractivity contribution in [1.82, 2.24) is 9.88 Å². The first-order chi connectivity index (χ1) is 14.5. The number of carbonyl (C=O) groups excluding carboxylic acids is 1. The van der Waals surface area contributed by atoms with E-state index in [1.165, 1.54) is 6.07 Å². The predicted octanol–water partition coefficient (Wildman–Crippen LogP) is 4.05. The van der Waals surface area contributed by atoms with E-state index in [1.54, 1.807) is 4.90 Å². The van der Waals surface area contributed by atoms with Crippen LogP contribution in [0.5, 0.6) is 0 Å². The Balaban J connectivity index is 1.57. The summed E-state index contributed by atoms with van der Waals surface area (Å²) < 4.78 is 26.7. The van der Waals surface area contributed by atoms with E-state index in [2.05, 4.69) is 6.07 Å². The molecule has 1 amide bonds. The van der Waals surface area contributed by atoms with Gasteiger partial charge in [-0.1, -0.05) is 12.1 Å². The van der Waals surface area contributed by atoms with Crippen LogP contribution in [0.1, 0.15) is 27.9 Å². The average molecular weight is 406 g/mol. The minimum absolute atomic E-state index is 0.124. The summed E-state index contributed by atoms with van der Waals surface area (Å²) in [5.41, 5.74) is 2.53. The Kier molecular flexibility index (Phi) is 5.32. The van der Waals surface area contributed by atoms with Gasteiger partial charge < -0.3 is 9.80 Å². The van der Waals surface area contributed by atoms with E-state index < -0.39 is 11.6 Å². The number of hydrogen-bond donors (Lipinski definition) is 0. The molecule has 1 saturated heterocycles. The molecular formula is C23H20F2N4O. The lowest BCUT2D eigenvalue weighted by Gasteiger charge is -2.24. The summed E-state index contributed by atoms with van der Waals surface area (Å²) in [7, 11) is 0. The number of hydrogen-bond acceptors (Lipinski definition) is 4. The fourth-order valence-electron chi connectivity index (χ4n) is 3.73. The highest BCUT2D eigenvalue weighted by atomic mass is 19.2. The third-order valence-electron chi connectivity index (χ3n) is 5.32. The van der Waals surface area contributed by atoms with E-state index in [1.807, 2.05) is 36.1 Å². The van der Waals surface area contributed by atoms with Gasteiger partial charge in [0.25, 0.3) is 5.91 Å². The molecule has 0 atom stereocenters. The van der Waals surface area contributed by atoms with Crippen LogP contribution in [0, 0.1) is 29.9 Å². The first kappa shape index (κ1) is 19.8. The third kappa shape index (κ3) is 3.81. The van der Waals surface area contributed by atoms with Crippen LogP contribution < -0.4 is 4.90 Å². The molecule has 2 aromatic carbocycles. The second-order valence-corrected chi connectivity index (χ2v) is 7.43. The zero-order valence-corrected chi connectivity index (χ0v) is 16.5.